The second-order valence-electron chi connectivity index (χ2n) is 2.99. The first kappa shape index (κ1) is 11.9. The van der Waals surface area contributed by atoms with Crippen LogP contribution in [0.1, 0.15) is 12.5 Å². The fraction of sp³-hybridized carbons (Fsp3) is 0.250. The summed E-state index contributed by atoms with van der Waals surface area (Å²) >= 11 is 1.50. The number of esters is 1. The quantitative estimate of drug-likeness (QED) is 0.444. The van der Waals surface area contributed by atoms with E-state index < -0.39 is 0 Å². The van der Waals surface area contributed by atoms with E-state index >= 15 is 0 Å². The fourth-order valence-corrected chi connectivity index (χ4v) is 1.60. The number of thioether (sulfide) groups is 1. The molecule has 0 heterocycles. The molecule has 0 fully saturated rings. The van der Waals surface area contributed by atoms with Crippen LogP contribution in [-0.4, -0.2) is 12.6 Å². The van der Waals surface area contributed by atoms with Gasteiger partial charge in [0.1, 0.15) is 0 Å². The largest absolute Gasteiger partial charge is 0.463 e. The van der Waals surface area contributed by atoms with Crippen LogP contribution in [-0.2, 0) is 9.53 Å². The third-order valence-corrected chi connectivity index (χ3v) is 2.53. The van der Waals surface area contributed by atoms with Crippen molar-refractivity contribution in [1.82, 2.24) is 0 Å². The molecule has 0 atom stereocenters. The Hall–Kier alpha value is -1.22. The van der Waals surface area contributed by atoms with Gasteiger partial charge in [-0.1, -0.05) is 29.5 Å². The van der Waals surface area contributed by atoms with Crippen LogP contribution in [0.15, 0.2) is 40.6 Å². The van der Waals surface area contributed by atoms with Gasteiger partial charge < -0.3 is 4.74 Å². The van der Waals surface area contributed by atoms with Crippen molar-refractivity contribution in [3.8, 4) is 0 Å². The van der Waals surface area contributed by atoms with E-state index in [1.807, 2.05) is 31.2 Å². The molecule has 1 aromatic carbocycles. The molecule has 0 spiro atoms. The molecule has 3 heteroatoms. The molecule has 0 radical (unpaired) electrons. The molecule has 1 aromatic rings. The van der Waals surface area contributed by atoms with Gasteiger partial charge in [0.05, 0.1) is 6.61 Å². The Morgan fingerprint density at radius 3 is 2.67 bits per heavy atom. The molecule has 0 saturated carbocycles. The fourth-order valence-electron chi connectivity index (χ4n) is 0.975. The third-order valence-electron chi connectivity index (χ3n) is 1.72. The minimum absolute atomic E-state index is 0.294. The zero-order valence-corrected chi connectivity index (χ0v) is 9.71. The first-order chi connectivity index (χ1) is 7.22. The van der Waals surface area contributed by atoms with E-state index in [0.717, 1.165) is 4.90 Å². The molecule has 0 saturated heterocycles. The highest BCUT2D eigenvalue weighted by Crippen LogP contribution is 2.19. The van der Waals surface area contributed by atoms with Crippen molar-refractivity contribution in [3.05, 3.63) is 41.3 Å². The van der Waals surface area contributed by atoms with Gasteiger partial charge >= 0.3 is 5.97 Å². The van der Waals surface area contributed by atoms with Crippen molar-refractivity contribution >= 4 is 17.7 Å². The Morgan fingerprint density at radius 1 is 1.40 bits per heavy atom. The molecule has 0 aromatic heterocycles. The van der Waals surface area contributed by atoms with Gasteiger partial charge in [-0.15, -0.1) is 0 Å². The van der Waals surface area contributed by atoms with E-state index in [4.69, 9.17) is 4.74 Å². The Bertz CT molecular complexity index is 341. The van der Waals surface area contributed by atoms with E-state index in [0.29, 0.717) is 6.61 Å². The number of carbonyl (C=O) groups excluding carboxylic acids is 1. The van der Waals surface area contributed by atoms with Gasteiger partial charge in [0.2, 0.25) is 0 Å². The number of carbonyl (C=O) groups is 1. The van der Waals surface area contributed by atoms with Crippen LogP contribution in [0.5, 0.6) is 0 Å². The lowest BCUT2D eigenvalue weighted by Gasteiger charge is -1.97. The minimum atomic E-state index is -0.294. The van der Waals surface area contributed by atoms with Crippen LogP contribution in [0.4, 0.5) is 0 Å². The van der Waals surface area contributed by atoms with Crippen molar-refractivity contribution in [2.75, 3.05) is 6.61 Å². The Labute approximate surface area is 94.3 Å². The summed E-state index contributed by atoms with van der Waals surface area (Å²) in [5.41, 5.74) is 1.23. The standard InChI is InChI=1S/C12H14O2S/c1-3-14-12(13)8-9-15-11-6-4-10(2)5-7-11/h4-9H,3H2,1-2H3/b9-8-. The molecule has 0 aliphatic carbocycles. The number of ether oxygens (including phenoxy) is 1. The molecule has 0 N–H and O–H groups in total. The van der Waals surface area contributed by atoms with Crippen LogP contribution in [0.2, 0.25) is 0 Å². The summed E-state index contributed by atoms with van der Waals surface area (Å²) in [4.78, 5) is 12.1. The van der Waals surface area contributed by atoms with E-state index in [-0.39, 0.29) is 5.97 Å². The van der Waals surface area contributed by atoms with E-state index in [1.165, 1.54) is 23.4 Å². The maximum absolute atomic E-state index is 11.0. The van der Waals surface area contributed by atoms with Gasteiger partial charge in [0.25, 0.3) is 0 Å². The molecular weight excluding hydrogens is 208 g/mol. The van der Waals surface area contributed by atoms with Gasteiger partial charge in [-0.25, -0.2) is 4.79 Å². The average molecular weight is 222 g/mol. The summed E-state index contributed by atoms with van der Waals surface area (Å²) in [6.45, 7) is 4.25. The van der Waals surface area contributed by atoms with Gasteiger partial charge in [0, 0.05) is 11.0 Å². The molecule has 1 rings (SSSR count). The lowest BCUT2D eigenvalue weighted by molar-refractivity contribution is -0.137. The van der Waals surface area contributed by atoms with Crippen molar-refractivity contribution in [3.63, 3.8) is 0 Å². The summed E-state index contributed by atoms with van der Waals surface area (Å²) in [5.74, 6) is -0.294. The Morgan fingerprint density at radius 2 is 2.07 bits per heavy atom. The average Bonchev–Trinajstić information content (AvgIpc) is 2.21. The molecule has 0 unspecified atom stereocenters. The normalized spacial score (nSPS) is 10.5. The molecule has 15 heavy (non-hydrogen) atoms. The second-order valence-corrected chi connectivity index (χ2v) is 3.96. The van der Waals surface area contributed by atoms with Crippen molar-refractivity contribution in [1.29, 1.82) is 0 Å². The van der Waals surface area contributed by atoms with Crippen molar-refractivity contribution in [2.24, 2.45) is 0 Å². The molecule has 0 amide bonds. The van der Waals surface area contributed by atoms with E-state index in [9.17, 15) is 4.79 Å². The van der Waals surface area contributed by atoms with Crippen molar-refractivity contribution in [2.45, 2.75) is 18.7 Å². The molecule has 2 nitrogen and oxygen atoms in total. The van der Waals surface area contributed by atoms with Crippen LogP contribution in [0, 0.1) is 6.92 Å². The lowest BCUT2D eigenvalue weighted by atomic mass is 10.2. The number of rotatable bonds is 4. The Balaban J connectivity index is 2.43. The van der Waals surface area contributed by atoms with Crippen LogP contribution in [0.3, 0.4) is 0 Å². The smallest absolute Gasteiger partial charge is 0.331 e. The highest BCUT2D eigenvalue weighted by molar-refractivity contribution is 8.02. The van der Waals surface area contributed by atoms with Crippen LogP contribution >= 0.6 is 11.8 Å². The topological polar surface area (TPSA) is 26.3 Å². The summed E-state index contributed by atoms with van der Waals surface area (Å²) in [6.07, 6.45) is 1.44. The van der Waals surface area contributed by atoms with Gasteiger partial charge in [0.15, 0.2) is 0 Å². The summed E-state index contributed by atoms with van der Waals surface area (Å²) in [6, 6.07) is 8.13. The minimum Gasteiger partial charge on any atom is -0.463 e. The third kappa shape index (κ3) is 4.70. The molecule has 0 aliphatic rings. The van der Waals surface area contributed by atoms with Gasteiger partial charge in [-0.05, 0) is 31.4 Å². The maximum atomic E-state index is 11.0. The van der Waals surface area contributed by atoms with E-state index in [1.54, 1.807) is 12.3 Å². The first-order valence-corrected chi connectivity index (χ1v) is 5.67. The molecule has 0 bridgehead atoms. The first-order valence-electron chi connectivity index (χ1n) is 4.79. The second kappa shape index (κ2) is 6.30. The molecular formula is C12H14O2S. The zero-order valence-electron chi connectivity index (χ0n) is 8.90. The maximum Gasteiger partial charge on any atom is 0.331 e. The SMILES string of the molecule is CCOC(=O)/C=C\Sc1ccc(C)cc1. The predicted molar refractivity (Wildman–Crippen MR) is 62.8 cm³/mol. The summed E-state index contributed by atoms with van der Waals surface area (Å²) < 4.78 is 4.76. The van der Waals surface area contributed by atoms with Crippen LogP contribution < -0.4 is 0 Å². The summed E-state index contributed by atoms with van der Waals surface area (Å²) in [7, 11) is 0. The van der Waals surface area contributed by atoms with Gasteiger partial charge in [-0.3, -0.25) is 0 Å². The number of aryl methyl sites for hydroxylation is 1. The van der Waals surface area contributed by atoms with E-state index in [2.05, 4.69) is 0 Å². The van der Waals surface area contributed by atoms with Crippen LogP contribution in [0.25, 0.3) is 0 Å². The van der Waals surface area contributed by atoms with Crippen molar-refractivity contribution < 1.29 is 9.53 Å². The number of hydrogen-bond acceptors (Lipinski definition) is 3. The zero-order chi connectivity index (χ0) is 11.1. The highest BCUT2D eigenvalue weighted by Gasteiger charge is 1.93. The molecule has 80 valence electrons. The predicted octanol–water partition coefficient (Wildman–Crippen LogP) is 3.16. The monoisotopic (exact) mass is 222 g/mol. The number of benzene rings is 1. The highest BCUT2D eigenvalue weighted by atomic mass is 32.2. The molecule has 0 aliphatic heterocycles. The Kier molecular flexibility index (Phi) is 4.98. The number of hydrogen-bond donors (Lipinski definition) is 0. The van der Waals surface area contributed by atoms with Gasteiger partial charge in [-0.2, -0.15) is 0 Å². The summed E-state index contributed by atoms with van der Waals surface area (Å²) in [5, 5.41) is 1.74. The lowest BCUT2D eigenvalue weighted by Crippen LogP contribution is -1.98.